The van der Waals surface area contributed by atoms with Crippen LogP contribution in [0, 0.1) is 0 Å². The van der Waals surface area contributed by atoms with Gasteiger partial charge in [0.25, 0.3) is 5.91 Å². The average Bonchev–Trinajstić information content (AvgIpc) is 2.43. The highest BCUT2D eigenvalue weighted by molar-refractivity contribution is 5.85. The maximum Gasteiger partial charge on any atom is 0.312 e. The first kappa shape index (κ1) is 13.5. The Morgan fingerprint density at radius 2 is 2.16 bits per heavy atom. The molecule has 0 unspecified atom stereocenters. The highest BCUT2D eigenvalue weighted by atomic mass is 16.5. The number of benzene rings is 1. The highest BCUT2D eigenvalue weighted by Crippen LogP contribution is 2.01. The van der Waals surface area contributed by atoms with E-state index in [0.29, 0.717) is 19.6 Å². The van der Waals surface area contributed by atoms with E-state index in [2.05, 4.69) is 5.32 Å². The molecule has 102 valence electrons. The summed E-state index contributed by atoms with van der Waals surface area (Å²) in [6.07, 6.45) is 0.841. The highest BCUT2D eigenvalue weighted by Gasteiger charge is 2.28. The lowest BCUT2D eigenvalue weighted by molar-refractivity contribution is -0.678. The van der Waals surface area contributed by atoms with Gasteiger partial charge in [-0.1, -0.05) is 30.3 Å². The second-order valence-corrected chi connectivity index (χ2v) is 4.58. The van der Waals surface area contributed by atoms with Crippen LogP contribution in [0.2, 0.25) is 0 Å². The Hall–Kier alpha value is -1.88. The summed E-state index contributed by atoms with van der Waals surface area (Å²) in [4.78, 5) is 23.1. The van der Waals surface area contributed by atoms with Gasteiger partial charge in [0.15, 0.2) is 6.04 Å². The summed E-state index contributed by atoms with van der Waals surface area (Å²) in [5.41, 5.74) is 1.14. The van der Waals surface area contributed by atoms with E-state index in [1.165, 1.54) is 0 Å². The summed E-state index contributed by atoms with van der Waals surface area (Å²) in [6, 6.07) is 9.52. The number of amides is 1. The molecule has 1 amide bonds. The normalized spacial score (nSPS) is 18.7. The number of carbonyl (C=O) groups is 2. The fraction of sp³-hybridized carbons (Fsp3) is 0.429. The number of esters is 1. The van der Waals surface area contributed by atoms with E-state index in [1.807, 2.05) is 35.6 Å². The van der Waals surface area contributed by atoms with E-state index in [0.717, 1.165) is 12.1 Å². The lowest BCUT2D eigenvalue weighted by Crippen LogP contribution is -2.96. The van der Waals surface area contributed by atoms with Crippen LogP contribution < -0.4 is 10.6 Å². The minimum absolute atomic E-state index is 0.0775. The van der Waals surface area contributed by atoms with Crippen LogP contribution in [0.5, 0.6) is 0 Å². The lowest BCUT2D eigenvalue weighted by Gasteiger charge is -2.19. The van der Waals surface area contributed by atoms with Crippen molar-refractivity contribution in [2.45, 2.75) is 18.9 Å². The zero-order chi connectivity index (χ0) is 13.5. The van der Waals surface area contributed by atoms with Crippen molar-refractivity contribution < 1.29 is 19.6 Å². The first-order valence-corrected chi connectivity index (χ1v) is 6.56. The predicted octanol–water partition coefficient (Wildman–Crippen LogP) is -0.776. The molecular formula is C14H19N2O3+. The van der Waals surface area contributed by atoms with Gasteiger partial charge in [0.2, 0.25) is 0 Å². The zero-order valence-electron chi connectivity index (χ0n) is 10.8. The predicted molar refractivity (Wildman–Crippen MR) is 69.3 cm³/mol. The second-order valence-electron chi connectivity index (χ2n) is 4.58. The molecule has 5 heteroatoms. The maximum atomic E-state index is 11.6. The van der Waals surface area contributed by atoms with Crippen LogP contribution in [-0.2, 0) is 20.7 Å². The minimum Gasteiger partial charge on any atom is -0.465 e. The van der Waals surface area contributed by atoms with Crippen LogP contribution in [0.4, 0.5) is 0 Å². The molecule has 1 aromatic rings. The van der Waals surface area contributed by atoms with Gasteiger partial charge in [-0.2, -0.15) is 0 Å². The number of quaternary nitrogens is 1. The molecular weight excluding hydrogens is 244 g/mol. The Balaban J connectivity index is 1.68. The first-order valence-electron chi connectivity index (χ1n) is 6.56. The number of hydrogen-bond acceptors (Lipinski definition) is 3. The Bertz CT molecular complexity index is 434. The Morgan fingerprint density at radius 1 is 1.37 bits per heavy atom. The van der Waals surface area contributed by atoms with Crippen molar-refractivity contribution >= 4 is 11.9 Å². The Kier molecular flexibility index (Phi) is 4.92. The average molecular weight is 263 g/mol. The maximum absolute atomic E-state index is 11.6. The third-order valence-corrected chi connectivity index (χ3v) is 3.11. The van der Waals surface area contributed by atoms with Crippen molar-refractivity contribution in [3.63, 3.8) is 0 Å². The molecule has 0 aliphatic carbocycles. The molecule has 0 saturated carbocycles. The van der Waals surface area contributed by atoms with Crippen LogP contribution in [0.1, 0.15) is 12.0 Å². The third kappa shape index (κ3) is 4.37. The molecule has 1 atom stereocenters. The third-order valence-electron chi connectivity index (χ3n) is 3.11. The second kappa shape index (κ2) is 6.89. The minimum atomic E-state index is -0.335. The van der Waals surface area contributed by atoms with E-state index < -0.39 is 0 Å². The summed E-state index contributed by atoms with van der Waals surface area (Å²) in [7, 11) is 0. The number of nitrogens with two attached hydrogens (primary N) is 1. The number of hydrogen-bond donors (Lipinski definition) is 2. The van der Waals surface area contributed by atoms with Crippen LogP contribution in [0.15, 0.2) is 30.3 Å². The van der Waals surface area contributed by atoms with Crippen molar-refractivity contribution in [2.24, 2.45) is 0 Å². The Labute approximate surface area is 112 Å². The monoisotopic (exact) mass is 263 g/mol. The van der Waals surface area contributed by atoms with Gasteiger partial charge in [0.05, 0.1) is 19.7 Å². The van der Waals surface area contributed by atoms with Crippen molar-refractivity contribution in [3.05, 3.63) is 35.9 Å². The summed E-state index contributed by atoms with van der Waals surface area (Å²) in [5, 5.41) is 4.63. The molecule has 1 heterocycles. The topological polar surface area (TPSA) is 72.0 Å². The zero-order valence-corrected chi connectivity index (χ0v) is 10.8. The number of rotatable bonds is 5. The van der Waals surface area contributed by atoms with Gasteiger partial charge < -0.3 is 15.4 Å². The largest absolute Gasteiger partial charge is 0.465 e. The molecule has 2 rings (SSSR count). The lowest BCUT2D eigenvalue weighted by atomic mass is 10.1. The van der Waals surface area contributed by atoms with Crippen molar-refractivity contribution in [1.29, 1.82) is 0 Å². The summed E-state index contributed by atoms with van der Waals surface area (Å²) in [6.45, 7) is 1.84. The summed E-state index contributed by atoms with van der Waals surface area (Å²) in [5.74, 6) is -0.388. The molecule has 0 spiro atoms. The summed E-state index contributed by atoms with van der Waals surface area (Å²) >= 11 is 0. The van der Waals surface area contributed by atoms with E-state index in [1.54, 1.807) is 0 Å². The van der Waals surface area contributed by atoms with Gasteiger partial charge in [-0.25, -0.2) is 0 Å². The van der Waals surface area contributed by atoms with Gasteiger partial charge in [0.1, 0.15) is 6.42 Å². The number of carbonyl (C=O) groups excluding carboxylic acids is 2. The van der Waals surface area contributed by atoms with Crippen molar-refractivity contribution in [2.75, 3.05) is 19.7 Å². The fourth-order valence-corrected chi connectivity index (χ4v) is 2.06. The van der Waals surface area contributed by atoms with E-state index in [-0.39, 0.29) is 24.3 Å². The van der Waals surface area contributed by atoms with Crippen molar-refractivity contribution in [1.82, 2.24) is 5.32 Å². The quantitative estimate of drug-likeness (QED) is 0.685. The van der Waals surface area contributed by atoms with Gasteiger partial charge in [-0.05, 0) is 5.56 Å². The molecule has 1 aromatic carbocycles. The molecule has 5 nitrogen and oxygen atoms in total. The van der Waals surface area contributed by atoms with Gasteiger partial charge in [0, 0.05) is 6.42 Å². The molecule has 1 aliphatic rings. The Morgan fingerprint density at radius 3 is 2.89 bits per heavy atom. The summed E-state index contributed by atoms with van der Waals surface area (Å²) < 4.78 is 5.16. The molecule has 0 aromatic heterocycles. The molecule has 19 heavy (non-hydrogen) atoms. The van der Waals surface area contributed by atoms with Gasteiger partial charge in [-0.3, -0.25) is 9.59 Å². The molecule has 1 saturated heterocycles. The molecule has 3 N–H and O–H groups in total. The number of nitrogens with one attached hydrogen (secondary N) is 1. The molecule has 1 fully saturated rings. The van der Waals surface area contributed by atoms with Crippen LogP contribution in [-0.4, -0.2) is 37.6 Å². The van der Waals surface area contributed by atoms with Gasteiger partial charge in [-0.15, -0.1) is 0 Å². The van der Waals surface area contributed by atoms with Gasteiger partial charge >= 0.3 is 5.97 Å². The van der Waals surface area contributed by atoms with Crippen LogP contribution >= 0.6 is 0 Å². The van der Waals surface area contributed by atoms with Crippen molar-refractivity contribution in [3.8, 4) is 0 Å². The fourth-order valence-electron chi connectivity index (χ4n) is 2.06. The van der Waals surface area contributed by atoms with Crippen LogP contribution in [0.3, 0.4) is 0 Å². The molecule has 0 bridgehead atoms. The molecule has 1 aliphatic heterocycles. The van der Waals surface area contributed by atoms with E-state index in [9.17, 15) is 9.59 Å². The standard InChI is InChI=1S/C14H18N2O3/c17-13(10-12-14(18)16-8-7-15-12)19-9-6-11-4-2-1-3-5-11/h1-5,12,15H,6-10H2,(H,16,18)/p+1/t12-/m1/s1. The van der Waals surface area contributed by atoms with E-state index in [4.69, 9.17) is 4.74 Å². The van der Waals surface area contributed by atoms with E-state index >= 15 is 0 Å². The molecule has 0 radical (unpaired) electrons. The first-order chi connectivity index (χ1) is 9.25. The number of ether oxygens (including phenoxy) is 1. The smallest absolute Gasteiger partial charge is 0.312 e. The van der Waals surface area contributed by atoms with Crippen LogP contribution in [0.25, 0.3) is 0 Å². The number of piperazine rings is 1. The SMILES string of the molecule is O=C(C[C@H]1[NH2+]CCNC1=O)OCCc1ccccc1.